The third-order valence-corrected chi connectivity index (χ3v) is 2.78. The van der Waals surface area contributed by atoms with E-state index in [0.717, 1.165) is 0 Å². The Morgan fingerprint density at radius 3 is 1.88 bits per heavy atom. The SMILES string of the molecule is CN(C)CC(=O)N1CCN(C(=O)CCl)CC1. The van der Waals surface area contributed by atoms with E-state index in [1.807, 2.05) is 19.0 Å². The number of carbonyl (C=O) groups excluding carboxylic acids is 2. The molecule has 0 saturated carbocycles. The van der Waals surface area contributed by atoms with Crippen LogP contribution in [0.4, 0.5) is 0 Å². The number of likely N-dealkylation sites (N-methyl/N-ethyl adjacent to an activating group) is 1. The van der Waals surface area contributed by atoms with Crippen molar-refractivity contribution in [1.29, 1.82) is 0 Å². The van der Waals surface area contributed by atoms with Crippen LogP contribution in [0, 0.1) is 0 Å². The van der Waals surface area contributed by atoms with Crippen molar-refractivity contribution in [3.8, 4) is 0 Å². The lowest BCUT2D eigenvalue weighted by atomic mass is 10.3. The Bertz CT molecular complexity index is 263. The molecule has 92 valence electrons. The van der Waals surface area contributed by atoms with Gasteiger partial charge in [-0.25, -0.2) is 0 Å². The van der Waals surface area contributed by atoms with Crippen molar-refractivity contribution < 1.29 is 9.59 Å². The van der Waals surface area contributed by atoms with Gasteiger partial charge in [-0.3, -0.25) is 9.59 Å². The summed E-state index contributed by atoms with van der Waals surface area (Å²) in [6.07, 6.45) is 0. The molecule has 6 heteroatoms. The summed E-state index contributed by atoms with van der Waals surface area (Å²) < 4.78 is 0. The Kier molecular flexibility index (Phi) is 5.02. The molecule has 1 heterocycles. The lowest BCUT2D eigenvalue weighted by Gasteiger charge is -2.35. The summed E-state index contributed by atoms with van der Waals surface area (Å²) in [5, 5.41) is 0. The van der Waals surface area contributed by atoms with Crippen LogP contribution in [-0.4, -0.2) is 79.2 Å². The second-order valence-corrected chi connectivity index (χ2v) is 4.40. The lowest BCUT2D eigenvalue weighted by Crippen LogP contribution is -2.52. The van der Waals surface area contributed by atoms with Crippen LogP contribution < -0.4 is 0 Å². The number of piperazine rings is 1. The molecule has 1 aliphatic heterocycles. The van der Waals surface area contributed by atoms with Gasteiger partial charge in [-0.1, -0.05) is 0 Å². The molecule has 0 unspecified atom stereocenters. The first-order chi connectivity index (χ1) is 7.54. The molecule has 1 saturated heterocycles. The Morgan fingerprint density at radius 1 is 1.06 bits per heavy atom. The first-order valence-electron chi connectivity index (χ1n) is 5.31. The molecule has 16 heavy (non-hydrogen) atoms. The van der Waals surface area contributed by atoms with Gasteiger partial charge in [0.15, 0.2) is 0 Å². The molecule has 1 rings (SSSR count). The van der Waals surface area contributed by atoms with Crippen LogP contribution in [-0.2, 0) is 9.59 Å². The smallest absolute Gasteiger partial charge is 0.237 e. The van der Waals surface area contributed by atoms with Crippen LogP contribution in [0.25, 0.3) is 0 Å². The van der Waals surface area contributed by atoms with Gasteiger partial charge in [0, 0.05) is 26.2 Å². The van der Waals surface area contributed by atoms with E-state index in [1.54, 1.807) is 9.80 Å². The lowest BCUT2D eigenvalue weighted by molar-refractivity contribution is -0.138. The van der Waals surface area contributed by atoms with Gasteiger partial charge >= 0.3 is 0 Å². The van der Waals surface area contributed by atoms with E-state index in [0.29, 0.717) is 32.7 Å². The van der Waals surface area contributed by atoms with Crippen LogP contribution in [0.1, 0.15) is 0 Å². The highest BCUT2D eigenvalue weighted by atomic mass is 35.5. The third-order valence-electron chi connectivity index (χ3n) is 2.55. The molecule has 5 nitrogen and oxygen atoms in total. The second-order valence-electron chi connectivity index (χ2n) is 4.13. The molecule has 1 fully saturated rings. The normalized spacial score (nSPS) is 16.8. The number of rotatable bonds is 3. The standard InChI is InChI=1S/C10H18ClN3O2/c1-12(2)8-10(16)14-5-3-13(4-6-14)9(15)7-11/h3-8H2,1-2H3. The number of halogens is 1. The summed E-state index contributed by atoms with van der Waals surface area (Å²) in [6, 6.07) is 0. The zero-order valence-corrected chi connectivity index (χ0v) is 10.5. The van der Waals surface area contributed by atoms with E-state index in [4.69, 9.17) is 11.6 Å². The fraction of sp³-hybridized carbons (Fsp3) is 0.800. The summed E-state index contributed by atoms with van der Waals surface area (Å²) in [7, 11) is 3.73. The van der Waals surface area contributed by atoms with Gasteiger partial charge in [-0.15, -0.1) is 11.6 Å². The van der Waals surface area contributed by atoms with E-state index in [2.05, 4.69) is 0 Å². The molecule has 0 bridgehead atoms. The average Bonchev–Trinajstić information content (AvgIpc) is 2.27. The van der Waals surface area contributed by atoms with Crippen molar-refractivity contribution in [2.45, 2.75) is 0 Å². The van der Waals surface area contributed by atoms with E-state index in [-0.39, 0.29) is 17.7 Å². The van der Waals surface area contributed by atoms with Crippen molar-refractivity contribution in [2.75, 3.05) is 52.7 Å². The minimum absolute atomic E-state index is 0.0195. The van der Waals surface area contributed by atoms with Crippen LogP contribution in [0.2, 0.25) is 0 Å². The first-order valence-corrected chi connectivity index (χ1v) is 5.84. The van der Waals surface area contributed by atoms with Crippen molar-refractivity contribution in [3.05, 3.63) is 0 Å². The Hall–Kier alpha value is -0.810. The molecule has 0 radical (unpaired) electrons. The van der Waals surface area contributed by atoms with Gasteiger partial charge in [0.05, 0.1) is 6.54 Å². The molecule has 0 aromatic rings. The Balaban J connectivity index is 2.37. The molecule has 2 amide bonds. The fourth-order valence-corrected chi connectivity index (χ4v) is 1.83. The summed E-state index contributed by atoms with van der Waals surface area (Å²) in [6.45, 7) is 2.81. The Labute approximate surface area is 101 Å². The molecule has 0 atom stereocenters. The van der Waals surface area contributed by atoms with Crippen LogP contribution in [0.3, 0.4) is 0 Å². The first kappa shape index (κ1) is 13.3. The number of amides is 2. The highest BCUT2D eigenvalue weighted by Crippen LogP contribution is 2.03. The highest BCUT2D eigenvalue weighted by Gasteiger charge is 2.23. The largest absolute Gasteiger partial charge is 0.338 e. The average molecular weight is 248 g/mol. The summed E-state index contributed by atoms with van der Waals surface area (Å²) in [5.41, 5.74) is 0. The molecule has 0 aromatic carbocycles. The number of nitrogens with zero attached hydrogens (tertiary/aromatic N) is 3. The maximum Gasteiger partial charge on any atom is 0.237 e. The third kappa shape index (κ3) is 3.64. The zero-order valence-electron chi connectivity index (χ0n) is 9.78. The van der Waals surface area contributed by atoms with Crippen molar-refractivity contribution in [2.24, 2.45) is 0 Å². The molecule has 1 aliphatic rings. The van der Waals surface area contributed by atoms with Crippen molar-refractivity contribution >= 4 is 23.4 Å². The van der Waals surface area contributed by atoms with Crippen LogP contribution >= 0.6 is 11.6 Å². The summed E-state index contributed by atoms with van der Waals surface area (Å²) in [5.74, 6) is 0.0791. The molecular formula is C10H18ClN3O2. The molecule has 0 N–H and O–H groups in total. The minimum Gasteiger partial charge on any atom is -0.338 e. The highest BCUT2D eigenvalue weighted by molar-refractivity contribution is 6.27. The van der Waals surface area contributed by atoms with E-state index >= 15 is 0 Å². The van der Waals surface area contributed by atoms with E-state index in [1.165, 1.54) is 0 Å². The van der Waals surface area contributed by atoms with Gasteiger partial charge in [0.1, 0.15) is 5.88 Å². The number of hydrogen-bond donors (Lipinski definition) is 0. The summed E-state index contributed by atoms with van der Waals surface area (Å²) >= 11 is 5.47. The van der Waals surface area contributed by atoms with Crippen LogP contribution in [0.5, 0.6) is 0 Å². The number of hydrogen-bond acceptors (Lipinski definition) is 3. The maximum absolute atomic E-state index is 11.7. The molecular weight excluding hydrogens is 230 g/mol. The quantitative estimate of drug-likeness (QED) is 0.629. The molecule has 0 spiro atoms. The van der Waals surface area contributed by atoms with Crippen molar-refractivity contribution in [1.82, 2.24) is 14.7 Å². The number of carbonyl (C=O) groups is 2. The number of alkyl halides is 1. The van der Waals surface area contributed by atoms with Gasteiger partial charge in [-0.2, -0.15) is 0 Å². The molecule has 0 aliphatic carbocycles. The topological polar surface area (TPSA) is 43.9 Å². The zero-order chi connectivity index (χ0) is 12.1. The predicted molar refractivity (Wildman–Crippen MR) is 62.4 cm³/mol. The van der Waals surface area contributed by atoms with Gasteiger partial charge in [0.2, 0.25) is 11.8 Å². The Morgan fingerprint density at radius 2 is 1.50 bits per heavy atom. The van der Waals surface area contributed by atoms with Crippen molar-refractivity contribution in [3.63, 3.8) is 0 Å². The maximum atomic E-state index is 11.7. The summed E-state index contributed by atoms with van der Waals surface area (Å²) in [4.78, 5) is 28.3. The van der Waals surface area contributed by atoms with Gasteiger partial charge < -0.3 is 14.7 Å². The van der Waals surface area contributed by atoms with E-state index < -0.39 is 0 Å². The minimum atomic E-state index is -0.0543. The predicted octanol–water partition coefficient (Wildman–Crippen LogP) is -0.542. The fourth-order valence-electron chi connectivity index (χ4n) is 1.66. The van der Waals surface area contributed by atoms with E-state index in [9.17, 15) is 9.59 Å². The van der Waals surface area contributed by atoms with Crippen LogP contribution in [0.15, 0.2) is 0 Å². The molecule has 0 aromatic heterocycles. The van der Waals surface area contributed by atoms with Gasteiger partial charge in [-0.05, 0) is 14.1 Å². The monoisotopic (exact) mass is 247 g/mol. The second kappa shape index (κ2) is 6.06. The van der Waals surface area contributed by atoms with Gasteiger partial charge in [0.25, 0.3) is 0 Å².